The zero-order valence-corrected chi connectivity index (χ0v) is 21.5. The number of aromatic nitrogens is 3. The monoisotopic (exact) mass is 526 g/mol. The third-order valence-corrected chi connectivity index (χ3v) is 6.91. The molecule has 0 spiro atoms. The second-order valence-corrected chi connectivity index (χ2v) is 9.57. The first-order valence-corrected chi connectivity index (χ1v) is 13.0. The van der Waals surface area contributed by atoms with Gasteiger partial charge in [0, 0.05) is 46.9 Å². The Morgan fingerprint density at radius 1 is 0.925 bits per heavy atom. The van der Waals surface area contributed by atoms with Crippen LogP contribution < -0.4 is 5.32 Å². The Kier molecular flexibility index (Phi) is 6.68. The minimum atomic E-state index is -1.10. The topological polar surface area (TPSA) is 100 Å². The van der Waals surface area contributed by atoms with Crippen LogP contribution in [0.15, 0.2) is 116 Å². The lowest BCUT2D eigenvalue weighted by Gasteiger charge is -2.12. The molecule has 6 rings (SSSR count). The molecule has 2 aromatic heterocycles. The zero-order valence-electron chi connectivity index (χ0n) is 21.5. The number of benzene rings is 4. The van der Waals surface area contributed by atoms with Gasteiger partial charge in [-0.15, -0.1) is 0 Å². The Hall–Kier alpha value is -5.43. The van der Waals surface area contributed by atoms with Crippen LogP contribution in [0.2, 0.25) is 0 Å². The number of amides is 1. The van der Waals surface area contributed by atoms with Gasteiger partial charge in [0.15, 0.2) is 0 Å². The van der Waals surface area contributed by atoms with Crippen molar-refractivity contribution in [3.8, 4) is 16.9 Å². The number of aromatic amines is 1. The van der Waals surface area contributed by atoms with E-state index in [1.807, 2.05) is 79.0 Å². The third kappa shape index (κ3) is 5.13. The highest BCUT2D eigenvalue weighted by Crippen LogP contribution is 2.28. The maximum atomic E-state index is 12.9. The predicted molar refractivity (Wildman–Crippen MR) is 157 cm³/mol. The summed E-state index contributed by atoms with van der Waals surface area (Å²) in [6.45, 7) is 0. The van der Waals surface area contributed by atoms with Gasteiger partial charge in [0.05, 0.1) is 11.4 Å². The first-order chi connectivity index (χ1) is 19.5. The van der Waals surface area contributed by atoms with E-state index in [0.29, 0.717) is 5.69 Å². The molecule has 7 heteroatoms. The quantitative estimate of drug-likeness (QED) is 0.212. The van der Waals surface area contributed by atoms with Crippen LogP contribution in [-0.4, -0.2) is 37.8 Å². The fourth-order valence-corrected chi connectivity index (χ4v) is 4.89. The minimum absolute atomic E-state index is 0.160. The number of carbonyl (C=O) groups excluding carboxylic acids is 1. The van der Waals surface area contributed by atoms with E-state index in [-0.39, 0.29) is 6.42 Å². The molecule has 0 aliphatic heterocycles. The summed E-state index contributed by atoms with van der Waals surface area (Å²) in [6, 6.07) is 30.6. The standard InChI is InChI=1S/C33H26N4O3/c38-31(35-30(33(39)40)19-26-20-34-29-13-7-6-12-28(26)29)17-16-25-21-37(27-10-2-1-3-11-27)36-32(25)24-15-14-22-8-4-5-9-23(22)18-24/h1-18,20-21,30,34H,19H2,(H,35,38)(H,39,40)/t30-/m0/s1. The van der Waals surface area contributed by atoms with Gasteiger partial charge in [0.2, 0.25) is 5.91 Å². The van der Waals surface area contributed by atoms with Crippen molar-refractivity contribution < 1.29 is 14.7 Å². The van der Waals surface area contributed by atoms with E-state index in [1.165, 1.54) is 6.08 Å². The van der Waals surface area contributed by atoms with E-state index >= 15 is 0 Å². The fraction of sp³-hybridized carbons (Fsp3) is 0.0606. The maximum absolute atomic E-state index is 12.9. The number of para-hydroxylation sites is 2. The Balaban J connectivity index is 1.28. The van der Waals surface area contributed by atoms with Gasteiger partial charge in [-0.25, -0.2) is 9.48 Å². The molecule has 0 aliphatic rings. The molecular weight excluding hydrogens is 500 g/mol. The van der Waals surface area contributed by atoms with Crippen molar-refractivity contribution in [3.05, 3.63) is 127 Å². The number of nitrogens with one attached hydrogen (secondary N) is 2. The number of hydrogen-bond acceptors (Lipinski definition) is 3. The number of aliphatic carboxylic acids is 1. The number of H-pyrrole nitrogens is 1. The predicted octanol–water partition coefficient (Wildman–Crippen LogP) is 6.00. The summed E-state index contributed by atoms with van der Waals surface area (Å²) >= 11 is 0. The van der Waals surface area contributed by atoms with Crippen LogP contribution in [0.1, 0.15) is 11.1 Å². The number of carboxylic acid groups (broad SMARTS) is 1. The van der Waals surface area contributed by atoms with Crippen LogP contribution in [-0.2, 0) is 16.0 Å². The van der Waals surface area contributed by atoms with Gasteiger partial charge >= 0.3 is 5.97 Å². The summed E-state index contributed by atoms with van der Waals surface area (Å²) in [5.41, 5.74) is 5.00. The number of carbonyl (C=O) groups is 2. The molecule has 0 radical (unpaired) electrons. The molecule has 0 bridgehead atoms. The van der Waals surface area contributed by atoms with Crippen LogP contribution >= 0.6 is 0 Å². The van der Waals surface area contributed by atoms with Crippen LogP contribution in [0, 0.1) is 0 Å². The molecule has 3 N–H and O–H groups in total. The summed E-state index contributed by atoms with van der Waals surface area (Å²) in [5.74, 6) is -1.59. The van der Waals surface area contributed by atoms with Crippen molar-refractivity contribution >= 4 is 39.6 Å². The highest BCUT2D eigenvalue weighted by Gasteiger charge is 2.21. The van der Waals surface area contributed by atoms with Gasteiger partial charge in [-0.1, -0.05) is 72.8 Å². The van der Waals surface area contributed by atoms with Crippen molar-refractivity contribution in [2.75, 3.05) is 0 Å². The molecule has 4 aromatic carbocycles. The lowest BCUT2D eigenvalue weighted by atomic mass is 10.0. The summed E-state index contributed by atoms with van der Waals surface area (Å²) in [7, 11) is 0. The molecule has 0 aliphatic carbocycles. The zero-order chi connectivity index (χ0) is 27.5. The molecule has 1 atom stereocenters. The maximum Gasteiger partial charge on any atom is 0.326 e. The summed E-state index contributed by atoms with van der Waals surface area (Å²) in [4.78, 5) is 28.1. The van der Waals surface area contributed by atoms with Gasteiger partial charge in [-0.2, -0.15) is 5.10 Å². The summed E-state index contributed by atoms with van der Waals surface area (Å²) in [6.07, 6.45) is 6.85. The molecule has 0 saturated heterocycles. The van der Waals surface area contributed by atoms with Crippen LogP contribution in [0.25, 0.3) is 44.7 Å². The average Bonchev–Trinajstić information content (AvgIpc) is 3.60. The van der Waals surface area contributed by atoms with Crippen LogP contribution in [0.5, 0.6) is 0 Å². The summed E-state index contributed by atoms with van der Waals surface area (Å²) < 4.78 is 1.78. The normalized spacial score (nSPS) is 12.2. The highest BCUT2D eigenvalue weighted by molar-refractivity contribution is 5.96. The largest absolute Gasteiger partial charge is 0.480 e. The Morgan fingerprint density at radius 2 is 1.68 bits per heavy atom. The molecule has 1 amide bonds. The molecule has 0 unspecified atom stereocenters. The number of nitrogens with zero attached hydrogens (tertiary/aromatic N) is 2. The second kappa shape index (κ2) is 10.7. The summed E-state index contributed by atoms with van der Waals surface area (Å²) in [5, 5.41) is 20.5. The molecule has 40 heavy (non-hydrogen) atoms. The van der Waals surface area contributed by atoms with Gasteiger partial charge in [-0.3, -0.25) is 4.79 Å². The van der Waals surface area contributed by atoms with Gasteiger partial charge in [-0.05, 0) is 46.7 Å². The van der Waals surface area contributed by atoms with Crippen molar-refractivity contribution in [1.29, 1.82) is 0 Å². The molecule has 196 valence electrons. The second-order valence-electron chi connectivity index (χ2n) is 9.57. The van der Waals surface area contributed by atoms with Crippen molar-refractivity contribution in [2.45, 2.75) is 12.5 Å². The highest BCUT2D eigenvalue weighted by atomic mass is 16.4. The molecule has 0 saturated carbocycles. The van der Waals surface area contributed by atoms with Crippen molar-refractivity contribution in [3.63, 3.8) is 0 Å². The van der Waals surface area contributed by atoms with E-state index in [9.17, 15) is 14.7 Å². The van der Waals surface area contributed by atoms with E-state index in [0.717, 1.165) is 44.1 Å². The third-order valence-electron chi connectivity index (χ3n) is 6.91. The van der Waals surface area contributed by atoms with E-state index < -0.39 is 17.9 Å². The lowest BCUT2D eigenvalue weighted by molar-refractivity contribution is -0.141. The number of hydrogen-bond donors (Lipinski definition) is 3. The van der Waals surface area contributed by atoms with Gasteiger partial charge in [0.25, 0.3) is 0 Å². The minimum Gasteiger partial charge on any atom is -0.480 e. The first kappa shape index (κ1) is 24.9. The molecule has 6 aromatic rings. The fourth-order valence-electron chi connectivity index (χ4n) is 4.89. The van der Waals surface area contributed by atoms with Crippen LogP contribution in [0.4, 0.5) is 0 Å². The molecular formula is C33H26N4O3. The van der Waals surface area contributed by atoms with Gasteiger partial charge < -0.3 is 15.4 Å². The molecule has 7 nitrogen and oxygen atoms in total. The Bertz CT molecular complexity index is 1870. The number of carboxylic acids is 1. The van der Waals surface area contributed by atoms with Crippen LogP contribution in [0.3, 0.4) is 0 Å². The Morgan fingerprint density at radius 3 is 2.50 bits per heavy atom. The first-order valence-electron chi connectivity index (χ1n) is 13.0. The molecule has 0 fully saturated rings. The Labute approximate surface area is 230 Å². The number of fused-ring (bicyclic) bond motifs is 2. The van der Waals surface area contributed by atoms with Gasteiger partial charge in [0.1, 0.15) is 6.04 Å². The smallest absolute Gasteiger partial charge is 0.326 e. The van der Waals surface area contributed by atoms with Crippen molar-refractivity contribution in [1.82, 2.24) is 20.1 Å². The SMILES string of the molecule is O=C(C=Cc1cn(-c2ccccc2)nc1-c1ccc2ccccc2c1)N[C@@H](Cc1c[nH]c2ccccc12)C(=O)O. The van der Waals surface area contributed by atoms with Crippen molar-refractivity contribution in [2.24, 2.45) is 0 Å². The van der Waals surface area contributed by atoms with E-state index in [2.05, 4.69) is 34.6 Å². The number of rotatable bonds is 8. The van der Waals surface area contributed by atoms with E-state index in [1.54, 1.807) is 17.0 Å². The average molecular weight is 527 g/mol. The lowest BCUT2D eigenvalue weighted by Crippen LogP contribution is -2.41. The molecule has 2 heterocycles. The van der Waals surface area contributed by atoms with E-state index in [4.69, 9.17) is 5.10 Å².